The van der Waals surface area contributed by atoms with Crippen LogP contribution in [-0.4, -0.2) is 55.9 Å². The Labute approximate surface area is 170 Å². The highest BCUT2D eigenvalue weighted by atomic mass is 16.2. The van der Waals surface area contributed by atoms with Crippen molar-refractivity contribution in [3.63, 3.8) is 0 Å². The minimum absolute atomic E-state index is 0.0478. The number of nitrogens with zero attached hydrogens (tertiary/aromatic N) is 1. The van der Waals surface area contributed by atoms with Crippen LogP contribution in [0.25, 0.3) is 10.9 Å². The molecule has 0 aliphatic carbocycles. The van der Waals surface area contributed by atoms with Crippen LogP contribution in [0.5, 0.6) is 0 Å². The van der Waals surface area contributed by atoms with E-state index in [1.54, 1.807) is 11.9 Å². The van der Waals surface area contributed by atoms with Gasteiger partial charge in [-0.3, -0.25) is 9.59 Å². The zero-order chi connectivity index (χ0) is 20.5. The van der Waals surface area contributed by atoms with Crippen molar-refractivity contribution in [3.8, 4) is 0 Å². The molecule has 0 fully saturated rings. The van der Waals surface area contributed by atoms with Crippen LogP contribution in [0.4, 0.5) is 0 Å². The summed E-state index contributed by atoms with van der Waals surface area (Å²) in [6, 6.07) is 15.1. The van der Waals surface area contributed by atoms with Crippen molar-refractivity contribution in [3.05, 3.63) is 71.4 Å². The SMILES string of the molecule is CN1C(=O)c2ccccc2[C@H](C(=O)NCC[NH+](C)C)[C@@H]1c1c[nH]c2ccccc12. The van der Waals surface area contributed by atoms with Crippen LogP contribution in [0.2, 0.25) is 0 Å². The highest BCUT2D eigenvalue weighted by Crippen LogP contribution is 2.43. The van der Waals surface area contributed by atoms with Crippen molar-refractivity contribution in [1.82, 2.24) is 15.2 Å². The summed E-state index contributed by atoms with van der Waals surface area (Å²) in [6.07, 6.45) is 1.93. The number of nitrogens with one attached hydrogen (secondary N) is 3. The van der Waals surface area contributed by atoms with Crippen LogP contribution in [0, 0.1) is 0 Å². The molecule has 3 N–H and O–H groups in total. The third-order valence-corrected chi connectivity index (χ3v) is 5.73. The van der Waals surface area contributed by atoms with E-state index in [0.717, 1.165) is 28.6 Å². The Morgan fingerprint density at radius 3 is 2.62 bits per heavy atom. The van der Waals surface area contributed by atoms with E-state index in [9.17, 15) is 9.59 Å². The Morgan fingerprint density at radius 1 is 1.10 bits per heavy atom. The predicted molar refractivity (Wildman–Crippen MR) is 113 cm³/mol. The Hall–Kier alpha value is -3.12. The first-order valence-electron chi connectivity index (χ1n) is 9.98. The first-order valence-corrected chi connectivity index (χ1v) is 9.98. The van der Waals surface area contributed by atoms with Crippen LogP contribution in [0.1, 0.15) is 33.4 Å². The molecule has 1 aromatic heterocycles. The van der Waals surface area contributed by atoms with Crippen molar-refractivity contribution < 1.29 is 14.5 Å². The Bertz CT molecular complexity index is 1060. The number of benzene rings is 2. The molecule has 0 unspecified atom stereocenters. The van der Waals surface area contributed by atoms with Gasteiger partial charge in [-0.1, -0.05) is 36.4 Å². The fraction of sp³-hybridized carbons (Fsp3) is 0.304. The first kappa shape index (κ1) is 19.2. The maximum atomic E-state index is 13.4. The van der Waals surface area contributed by atoms with Gasteiger partial charge in [-0.15, -0.1) is 0 Å². The van der Waals surface area contributed by atoms with Gasteiger partial charge in [0.1, 0.15) is 0 Å². The van der Waals surface area contributed by atoms with Crippen LogP contribution >= 0.6 is 0 Å². The molecule has 3 aromatic rings. The number of hydrogen-bond donors (Lipinski definition) is 3. The van der Waals surface area contributed by atoms with Gasteiger partial charge in [0.2, 0.25) is 5.91 Å². The zero-order valence-electron chi connectivity index (χ0n) is 17.0. The Balaban J connectivity index is 1.80. The number of aromatic amines is 1. The fourth-order valence-electron chi connectivity index (χ4n) is 4.23. The number of carbonyl (C=O) groups excluding carboxylic acids is 2. The minimum Gasteiger partial charge on any atom is -0.361 e. The molecule has 2 amide bonds. The molecule has 0 radical (unpaired) electrons. The van der Waals surface area contributed by atoms with Crippen LogP contribution in [0.15, 0.2) is 54.7 Å². The maximum absolute atomic E-state index is 13.4. The highest BCUT2D eigenvalue weighted by molar-refractivity contribution is 6.02. The summed E-state index contributed by atoms with van der Waals surface area (Å²) in [5, 5.41) is 4.13. The molecule has 2 atom stereocenters. The molecule has 1 aliphatic heterocycles. The molecule has 6 heteroatoms. The summed E-state index contributed by atoms with van der Waals surface area (Å²) >= 11 is 0. The molecule has 2 heterocycles. The average molecular weight is 391 g/mol. The quantitative estimate of drug-likeness (QED) is 0.614. The minimum atomic E-state index is -0.467. The van der Waals surface area contributed by atoms with Crippen LogP contribution < -0.4 is 10.2 Å². The molecule has 1 aliphatic rings. The van der Waals surface area contributed by atoms with Crippen molar-refractivity contribution >= 4 is 22.7 Å². The van der Waals surface area contributed by atoms with Gasteiger partial charge < -0.3 is 20.1 Å². The van der Waals surface area contributed by atoms with E-state index in [0.29, 0.717) is 12.1 Å². The molecular formula is C23H27N4O2+. The van der Waals surface area contributed by atoms with Crippen molar-refractivity contribution in [2.45, 2.75) is 12.0 Å². The lowest BCUT2D eigenvalue weighted by molar-refractivity contribution is -0.856. The largest absolute Gasteiger partial charge is 0.361 e. The fourth-order valence-corrected chi connectivity index (χ4v) is 4.23. The van der Waals surface area contributed by atoms with Gasteiger partial charge in [0.15, 0.2) is 0 Å². The monoisotopic (exact) mass is 391 g/mol. The number of carbonyl (C=O) groups is 2. The van der Waals surface area contributed by atoms with Crippen molar-refractivity contribution in [1.29, 1.82) is 0 Å². The van der Waals surface area contributed by atoms with Crippen molar-refractivity contribution in [2.24, 2.45) is 0 Å². The van der Waals surface area contributed by atoms with E-state index >= 15 is 0 Å². The van der Waals surface area contributed by atoms with E-state index in [2.05, 4.69) is 24.4 Å². The smallest absolute Gasteiger partial charge is 0.254 e. The normalized spacial score (nSPS) is 18.9. The number of amides is 2. The Morgan fingerprint density at radius 2 is 1.83 bits per heavy atom. The van der Waals surface area contributed by atoms with E-state index in [1.165, 1.54) is 4.90 Å². The second-order valence-corrected chi connectivity index (χ2v) is 7.96. The molecule has 0 spiro atoms. The third-order valence-electron chi connectivity index (χ3n) is 5.73. The van der Waals surface area contributed by atoms with Gasteiger partial charge in [0.25, 0.3) is 5.91 Å². The molecule has 0 saturated heterocycles. The number of likely N-dealkylation sites (N-methyl/N-ethyl adjacent to an activating group) is 2. The molecule has 29 heavy (non-hydrogen) atoms. The predicted octanol–water partition coefficient (Wildman–Crippen LogP) is 1.34. The topological polar surface area (TPSA) is 69.6 Å². The summed E-state index contributed by atoms with van der Waals surface area (Å²) in [5.74, 6) is -0.573. The van der Waals surface area contributed by atoms with Crippen LogP contribution in [0.3, 0.4) is 0 Å². The van der Waals surface area contributed by atoms with Gasteiger partial charge in [0, 0.05) is 35.3 Å². The van der Waals surface area contributed by atoms with Crippen molar-refractivity contribution in [2.75, 3.05) is 34.2 Å². The van der Waals surface area contributed by atoms with E-state index in [4.69, 9.17) is 0 Å². The summed E-state index contributed by atoms with van der Waals surface area (Å²) < 4.78 is 0. The number of para-hydroxylation sites is 1. The van der Waals surface area contributed by atoms with E-state index in [-0.39, 0.29) is 17.9 Å². The molecule has 0 bridgehead atoms. The number of aromatic nitrogens is 1. The summed E-state index contributed by atoms with van der Waals surface area (Å²) in [5.41, 5.74) is 3.35. The number of hydrogen-bond acceptors (Lipinski definition) is 2. The number of H-pyrrole nitrogens is 1. The molecule has 6 nitrogen and oxygen atoms in total. The molecule has 150 valence electrons. The van der Waals surface area contributed by atoms with Gasteiger partial charge in [0.05, 0.1) is 39.1 Å². The Kier molecular flexibility index (Phi) is 5.11. The molecule has 2 aromatic carbocycles. The standard InChI is InChI=1S/C23H26N4O2/c1-26(2)13-12-24-22(28)20-16-9-4-5-10-17(16)23(29)27(3)21(20)18-14-25-19-11-7-6-8-15(18)19/h4-11,14,20-21,25H,12-13H2,1-3H3,(H,24,28)/p+1/t20-,21-/m0/s1. The summed E-state index contributed by atoms with van der Waals surface area (Å²) in [4.78, 5) is 32.7. The number of rotatable bonds is 5. The number of quaternary nitrogens is 1. The van der Waals surface area contributed by atoms with Gasteiger partial charge in [-0.25, -0.2) is 0 Å². The zero-order valence-corrected chi connectivity index (χ0v) is 17.0. The van der Waals surface area contributed by atoms with E-state index < -0.39 is 5.92 Å². The summed E-state index contributed by atoms with van der Waals surface area (Å²) in [6.45, 7) is 1.44. The van der Waals surface area contributed by atoms with Gasteiger partial charge in [-0.05, 0) is 17.7 Å². The first-order chi connectivity index (χ1) is 14.0. The number of fused-ring (bicyclic) bond motifs is 2. The molecular weight excluding hydrogens is 364 g/mol. The lowest BCUT2D eigenvalue weighted by atomic mass is 9.79. The van der Waals surface area contributed by atoms with E-state index in [1.807, 2.05) is 54.7 Å². The van der Waals surface area contributed by atoms with Gasteiger partial charge in [-0.2, -0.15) is 0 Å². The third kappa shape index (κ3) is 3.40. The highest BCUT2D eigenvalue weighted by Gasteiger charge is 2.43. The maximum Gasteiger partial charge on any atom is 0.254 e. The van der Waals surface area contributed by atoms with Crippen LogP contribution in [-0.2, 0) is 4.79 Å². The average Bonchev–Trinajstić information content (AvgIpc) is 3.14. The second kappa shape index (κ2) is 7.72. The lowest BCUT2D eigenvalue weighted by Crippen LogP contribution is -3.06. The second-order valence-electron chi connectivity index (χ2n) is 7.96. The lowest BCUT2D eigenvalue weighted by Gasteiger charge is -2.39. The van der Waals surface area contributed by atoms with Gasteiger partial charge >= 0.3 is 0 Å². The molecule has 4 rings (SSSR count). The molecule has 0 saturated carbocycles. The summed E-state index contributed by atoms with van der Waals surface area (Å²) in [7, 11) is 5.90.